The predicted molar refractivity (Wildman–Crippen MR) is 89.8 cm³/mol. The third kappa shape index (κ3) is 2.99. The van der Waals surface area contributed by atoms with Crippen LogP contribution in [0.2, 0.25) is 0 Å². The van der Waals surface area contributed by atoms with E-state index in [1.54, 1.807) is 4.57 Å². The molecule has 0 saturated carbocycles. The van der Waals surface area contributed by atoms with Gasteiger partial charge < -0.3 is 9.88 Å². The quantitative estimate of drug-likeness (QED) is 0.942. The number of aryl methyl sites for hydroxylation is 3. The van der Waals surface area contributed by atoms with Gasteiger partial charge >= 0.3 is 4.87 Å². The average Bonchev–Trinajstić information content (AvgIpc) is 3.02. The topological polar surface area (TPSA) is 51.1 Å². The highest BCUT2D eigenvalue weighted by molar-refractivity contribution is 7.09. The van der Waals surface area contributed by atoms with Gasteiger partial charge in [0.25, 0.3) is 0 Å². The predicted octanol–water partition coefficient (Wildman–Crippen LogP) is 3.04. The summed E-state index contributed by atoms with van der Waals surface area (Å²) < 4.78 is 1.68. The highest BCUT2D eigenvalue weighted by atomic mass is 32.1. The van der Waals surface area contributed by atoms with Crippen molar-refractivity contribution in [1.29, 1.82) is 0 Å². The minimum atomic E-state index is -0.0481. The van der Waals surface area contributed by atoms with Crippen molar-refractivity contribution >= 4 is 22.9 Å². The van der Waals surface area contributed by atoms with Gasteiger partial charge in [-0.15, -0.1) is 0 Å². The van der Waals surface area contributed by atoms with Crippen molar-refractivity contribution in [3.05, 3.63) is 49.6 Å². The van der Waals surface area contributed by atoms with Gasteiger partial charge in [-0.05, 0) is 56.4 Å². The number of hydrogen-bond donors (Lipinski definition) is 1. The molecular weight excluding hydrogens is 296 g/mol. The summed E-state index contributed by atoms with van der Waals surface area (Å²) in [4.78, 5) is 24.9. The Morgan fingerprint density at radius 3 is 2.77 bits per heavy atom. The second kappa shape index (κ2) is 6.08. The van der Waals surface area contributed by atoms with E-state index < -0.39 is 0 Å². The number of nitrogens with zero attached hydrogens (tertiary/aromatic N) is 1. The largest absolute Gasteiger partial charge is 0.326 e. The van der Waals surface area contributed by atoms with Crippen molar-refractivity contribution in [2.45, 2.75) is 46.1 Å². The molecule has 0 radical (unpaired) electrons. The maximum atomic E-state index is 12.1. The molecule has 4 nitrogen and oxygen atoms in total. The lowest BCUT2D eigenvalue weighted by molar-refractivity contribution is -0.116. The summed E-state index contributed by atoms with van der Waals surface area (Å²) in [5.74, 6) is -0.0481. The van der Waals surface area contributed by atoms with Crippen LogP contribution >= 0.6 is 11.3 Å². The zero-order chi connectivity index (χ0) is 15.7. The number of carbonyl (C=O) groups is 1. The van der Waals surface area contributed by atoms with Gasteiger partial charge in [0.1, 0.15) is 0 Å². The molecule has 2 aromatic rings. The van der Waals surface area contributed by atoms with Crippen molar-refractivity contribution in [1.82, 2.24) is 4.57 Å². The van der Waals surface area contributed by atoms with E-state index in [1.165, 1.54) is 28.9 Å². The van der Waals surface area contributed by atoms with Crippen molar-refractivity contribution in [2.24, 2.45) is 0 Å². The highest BCUT2D eigenvalue weighted by Crippen LogP contribution is 2.24. The van der Waals surface area contributed by atoms with Gasteiger partial charge in [0.15, 0.2) is 0 Å². The molecule has 22 heavy (non-hydrogen) atoms. The summed E-state index contributed by atoms with van der Waals surface area (Å²) in [6.07, 6.45) is 3.76. The first-order valence-corrected chi connectivity index (χ1v) is 8.45. The molecule has 3 rings (SSSR count). The van der Waals surface area contributed by atoms with E-state index in [1.807, 2.05) is 19.9 Å². The first kappa shape index (κ1) is 15.0. The van der Waals surface area contributed by atoms with Crippen LogP contribution in [0, 0.1) is 13.8 Å². The molecule has 0 saturated heterocycles. The van der Waals surface area contributed by atoms with E-state index in [2.05, 4.69) is 17.4 Å². The summed E-state index contributed by atoms with van der Waals surface area (Å²) in [5, 5.41) is 2.94. The van der Waals surface area contributed by atoms with E-state index in [0.717, 1.165) is 29.1 Å². The second-order valence-corrected chi connectivity index (χ2v) is 6.96. The van der Waals surface area contributed by atoms with Crippen molar-refractivity contribution in [3.8, 4) is 0 Å². The summed E-state index contributed by atoms with van der Waals surface area (Å²) in [5.41, 5.74) is 4.56. The fourth-order valence-electron chi connectivity index (χ4n) is 2.93. The molecule has 1 aliphatic rings. The summed E-state index contributed by atoms with van der Waals surface area (Å²) in [6.45, 7) is 4.29. The SMILES string of the molecule is Cc1sc(=O)n(CCC(=O)Nc2ccc3c(c2)CCC3)c1C. The molecule has 0 aliphatic heterocycles. The molecule has 0 fully saturated rings. The van der Waals surface area contributed by atoms with E-state index in [0.29, 0.717) is 13.0 Å². The summed E-state index contributed by atoms with van der Waals surface area (Å²) in [7, 11) is 0. The van der Waals surface area contributed by atoms with Crippen molar-refractivity contribution in [2.75, 3.05) is 5.32 Å². The molecule has 116 valence electrons. The maximum absolute atomic E-state index is 12.1. The van der Waals surface area contributed by atoms with Crippen LogP contribution in [0.1, 0.15) is 34.5 Å². The number of rotatable bonds is 4. The zero-order valence-corrected chi connectivity index (χ0v) is 13.8. The molecule has 1 N–H and O–H groups in total. The normalized spacial score (nSPS) is 13.2. The number of carbonyl (C=O) groups excluding carboxylic acids is 1. The van der Waals surface area contributed by atoms with Gasteiger partial charge in [0.05, 0.1) is 0 Å². The average molecular weight is 316 g/mol. The standard InChI is InChI=1S/C17H20N2O2S/c1-11-12(2)22-17(21)19(11)9-8-16(20)18-15-7-6-13-4-3-5-14(13)10-15/h6-7,10H,3-5,8-9H2,1-2H3,(H,18,20). The Morgan fingerprint density at radius 2 is 2.05 bits per heavy atom. The van der Waals surface area contributed by atoms with Gasteiger partial charge in [-0.3, -0.25) is 9.59 Å². The van der Waals surface area contributed by atoms with E-state index in [-0.39, 0.29) is 10.8 Å². The molecule has 0 spiro atoms. The summed E-state index contributed by atoms with van der Waals surface area (Å²) in [6, 6.07) is 6.15. The Labute approximate surface area is 133 Å². The minimum Gasteiger partial charge on any atom is -0.326 e. The molecule has 1 aliphatic carbocycles. The van der Waals surface area contributed by atoms with Gasteiger partial charge in [-0.2, -0.15) is 0 Å². The van der Waals surface area contributed by atoms with Crippen molar-refractivity contribution in [3.63, 3.8) is 0 Å². The summed E-state index contributed by atoms with van der Waals surface area (Å²) >= 11 is 1.24. The van der Waals surface area contributed by atoms with Crippen LogP contribution in [0.4, 0.5) is 5.69 Å². The molecule has 0 bridgehead atoms. The Morgan fingerprint density at radius 1 is 1.27 bits per heavy atom. The first-order chi connectivity index (χ1) is 10.5. The molecule has 5 heteroatoms. The van der Waals surface area contributed by atoms with E-state index in [9.17, 15) is 9.59 Å². The lowest BCUT2D eigenvalue weighted by Gasteiger charge is -2.08. The molecular formula is C17H20N2O2S. The van der Waals surface area contributed by atoms with Gasteiger partial charge in [0.2, 0.25) is 5.91 Å². The number of benzene rings is 1. The fraction of sp³-hybridized carbons (Fsp3) is 0.412. The molecule has 1 heterocycles. The monoisotopic (exact) mass is 316 g/mol. The molecule has 0 unspecified atom stereocenters. The molecule has 1 aromatic heterocycles. The number of amides is 1. The van der Waals surface area contributed by atoms with E-state index >= 15 is 0 Å². The number of fused-ring (bicyclic) bond motifs is 1. The number of hydrogen-bond acceptors (Lipinski definition) is 3. The first-order valence-electron chi connectivity index (χ1n) is 7.63. The molecule has 1 aromatic carbocycles. The van der Waals surface area contributed by atoms with Crippen LogP contribution in [0.5, 0.6) is 0 Å². The zero-order valence-electron chi connectivity index (χ0n) is 12.9. The molecule has 1 amide bonds. The molecule has 0 atom stereocenters. The van der Waals surface area contributed by atoms with Gasteiger partial charge in [-0.1, -0.05) is 17.4 Å². The van der Waals surface area contributed by atoms with Crippen LogP contribution in [-0.4, -0.2) is 10.5 Å². The number of anilines is 1. The number of thiazole rings is 1. The van der Waals surface area contributed by atoms with Crippen LogP contribution in [0.3, 0.4) is 0 Å². The van der Waals surface area contributed by atoms with E-state index in [4.69, 9.17) is 0 Å². The van der Waals surface area contributed by atoms with Crippen LogP contribution < -0.4 is 10.2 Å². The third-order valence-electron chi connectivity index (χ3n) is 4.32. The van der Waals surface area contributed by atoms with Crippen molar-refractivity contribution < 1.29 is 4.79 Å². The smallest absolute Gasteiger partial charge is 0.307 e. The van der Waals surface area contributed by atoms with Gasteiger partial charge in [-0.25, -0.2) is 0 Å². The Hall–Kier alpha value is -1.88. The Bertz CT molecular complexity index is 773. The van der Waals surface area contributed by atoms with Gasteiger partial charge in [0, 0.05) is 29.2 Å². The highest BCUT2D eigenvalue weighted by Gasteiger charge is 2.13. The lowest BCUT2D eigenvalue weighted by atomic mass is 10.1. The maximum Gasteiger partial charge on any atom is 0.307 e. The van der Waals surface area contributed by atoms with Crippen LogP contribution in [-0.2, 0) is 24.2 Å². The second-order valence-electron chi connectivity index (χ2n) is 5.80. The minimum absolute atomic E-state index is 0.0142. The fourth-order valence-corrected chi connectivity index (χ4v) is 3.79. The Balaban J connectivity index is 1.62. The number of nitrogens with one attached hydrogen (secondary N) is 1. The van der Waals surface area contributed by atoms with Crippen LogP contribution in [0.25, 0.3) is 0 Å². The lowest BCUT2D eigenvalue weighted by Crippen LogP contribution is -2.20. The van der Waals surface area contributed by atoms with Crippen LogP contribution in [0.15, 0.2) is 23.0 Å². The Kier molecular flexibility index (Phi) is 4.16. The third-order valence-corrected chi connectivity index (χ3v) is 5.32. The number of aromatic nitrogens is 1.